The summed E-state index contributed by atoms with van der Waals surface area (Å²) >= 11 is 0. The standard InChI is InChI=1S/C23H23N3O7/c1-11-7-8-12(2)16(9-11)19-17-18(23(24-19,13(3)27)22(30)31)21(29)25(20(17)28)14-5-4-6-15(10-14)26(32)33/h4-10,13,17-19,24,27H,1-3H3,(H,30,31). The van der Waals surface area contributed by atoms with E-state index in [0.717, 1.165) is 22.1 Å². The summed E-state index contributed by atoms with van der Waals surface area (Å²) in [5.74, 6) is -5.49. The summed E-state index contributed by atoms with van der Waals surface area (Å²) in [5.41, 5.74) is -0.125. The maximum atomic E-state index is 13.6. The molecule has 10 nitrogen and oxygen atoms in total. The van der Waals surface area contributed by atoms with Crippen LogP contribution in [0.3, 0.4) is 0 Å². The van der Waals surface area contributed by atoms with E-state index in [1.54, 1.807) is 0 Å². The predicted molar refractivity (Wildman–Crippen MR) is 116 cm³/mol. The molecule has 2 aliphatic rings. The van der Waals surface area contributed by atoms with E-state index in [0.29, 0.717) is 5.56 Å². The van der Waals surface area contributed by atoms with Crippen LogP contribution >= 0.6 is 0 Å². The van der Waals surface area contributed by atoms with E-state index in [-0.39, 0.29) is 11.4 Å². The molecule has 2 aliphatic heterocycles. The molecule has 10 heteroatoms. The van der Waals surface area contributed by atoms with Gasteiger partial charge in [0.05, 0.1) is 28.6 Å². The minimum atomic E-state index is -2.12. The molecule has 2 heterocycles. The highest BCUT2D eigenvalue weighted by Gasteiger charge is 2.70. The zero-order chi connectivity index (χ0) is 24.2. The number of hydrogen-bond donors (Lipinski definition) is 3. The number of carboxylic acid groups (broad SMARTS) is 1. The average molecular weight is 453 g/mol. The Morgan fingerprint density at radius 3 is 2.48 bits per heavy atom. The number of nitrogens with one attached hydrogen (secondary N) is 1. The molecule has 0 radical (unpaired) electrons. The Hall–Kier alpha value is -3.63. The second-order valence-corrected chi connectivity index (χ2v) is 8.62. The van der Waals surface area contributed by atoms with Gasteiger partial charge in [0.25, 0.3) is 5.69 Å². The van der Waals surface area contributed by atoms with Gasteiger partial charge in [-0.3, -0.25) is 29.8 Å². The number of benzene rings is 2. The van der Waals surface area contributed by atoms with Gasteiger partial charge in [-0.1, -0.05) is 29.8 Å². The Balaban J connectivity index is 1.91. The van der Waals surface area contributed by atoms with E-state index < -0.39 is 52.2 Å². The van der Waals surface area contributed by atoms with Crippen molar-refractivity contribution in [2.24, 2.45) is 11.8 Å². The number of nitrogens with zero attached hydrogens (tertiary/aromatic N) is 2. The molecule has 2 saturated heterocycles. The zero-order valence-electron chi connectivity index (χ0n) is 18.2. The van der Waals surface area contributed by atoms with Gasteiger partial charge in [0.2, 0.25) is 11.8 Å². The molecule has 0 bridgehead atoms. The molecule has 0 aliphatic carbocycles. The summed E-state index contributed by atoms with van der Waals surface area (Å²) in [6.07, 6.45) is -1.51. The van der Waals surface area contributed by atoms with Crippen LogP contribution in [0.25, 0.3) is 0 Å². The molecule has 0 spiro atoms. The normalized spacial score (nSPS) is 27.5. The molecule has 2 fully saturated rings. The van der Waals surface area contributed by atoms with E-state index in [4.69, 9.17) is 0 Å². The molecule has 33 heavy (non-hydrogen) atoms. The molecule has 0 saturated carbocycles. The van der Waals surface area contributed by atoms with Crippen molar-refractivity contribution in [2.75, 3.05) is 4.90 Å². The number of rotatable bonds is 5. The first-order valence-electron chi connectivity index (χ1n) is 10.4. The molecular formula is C23H23N3O7. The van der Waals surface area contributed by atoms with Crippen LogP contribution in [0.15, 0.2) is 42.5 Å². The SMILES string of the molecule is Cc1ccc(C)c(C2NC(C(=O)O)(C(C)O)C3C(=O)N(c4cccc([N+](=O)[O-])c4)C(=O)C23)c1. The second kappa shape index (κ2) is 7.75. The number of carboxylic acids is 1. The number of aliphatic hydroxyl groups is 1. The number of carbonyl (C=O) groups excluding carboxylic acids is 2. The van der Waals surface area contributed by atoms with E-state index in [1.807, 2.05) is 32.0 Å². The number of aliphatic hydroxyl groups excluding tert-OH is 1. The van der Waals surface area contributed by atoms with Gasteiger partial charge in [-0.15, -0.1) is 0 Å². The summed E-state index contributed by atoms with van der Waals surface area (Å²) in [6.45, 7) is 4.93. The molecule has 2 amide bonds. The third-order valence-electron chi connectivity index (χ3n) is 6.68. The molecule has 5 unspecified atom stereocenters. The molecule has 5 atom stereocenters. The van der Waals surface area contributed by atoms with Gasteiger partial charge in [-0.05, 0) is 38.0 Å². The Morgan fingerprint density at radius 2 is 1.88 bits per heavy atom. The van der Waals surface area contributed by atoms with E-state index in [9.17, 15) is 34.7 Å². The summed E-state index contributed by atoms with van der Waals surface area (Å²) in [6, 6.07) is 9.73. The van der Waals surface area contributed by atoms with Crippen LogP contribution in [-0.4, -0.2) is 44.6 Å². The highest BCUT2D eigenvalue weighted by atomic mass is 16.6. The van der Waals surface area contributed by atoms with Gasteiger partial charge in [-0.25, -0.2) is 4.90 Å². The lowest BCUT2D eigenvalue weighted by Gasteiger charge is -2.33. The number of anilines is 1. The fourth-order valence-electron chi connectivity index (χ4n) is 5.06. The van der Waals surface area contributed by atoms with Gasteiger partial charge >= 0.3 is 5.97 Å². The second-order valence-electron chi connectivity index (χ2n) is 8.62. The molecular weight excluding hydrogens is 430 g/mol. The first kappa shape index (κ1) is 22.6. The zero-order valence-corrected chi connectivity index (χ0v) is 18.2. The maximum Gasteiger partial charge on any atom is 0.327 e. The largest absolute Gasteiger partial charge is 0.480 e. The fourth-order valence-corrected chi connectivity index (χ4v) is 5.06. The van der Waals surface area contributed by atoms with Crippen LogP contribution in [0, 0.1) is 35.8 Å². The number of carbonyl (C=O) groups is 3. The molecule has 4 rings (SSSR count). The maximum absolute atomic E-state index is 13.6. The fraction of sp³-hybridized carbons (Fsp3) is 0.348. The minimum Gasteiger partial charge on any atom is -0.480 e. The van der Waals surface area contributed by atoms with Crippen molar-refractivity contribution in [3.63, 3.8) is 0 Å². The van der Waals surface area contributed by atoms with E-state index >= 15 is 0 Å². The lowest BCUT2D eigenvalue weighted by Crippen LogP contribution is -2.62. The van der Waals surface area contributed by atoms with Crippen molar-refractivity contribution < 1.29 is 29.5 Å². The van der Waals surface area contributed by atoms with Crippen molar-refractivity contribution in [1.29, 1.82) is 0 Å². The number of nitro groups is 1. The Morgan fingerprint density at radius 1 is 1.18 bits per heavy atom. The Bertz CT molecular complexity index is 1190. The Kier molecular flexibility index (Phi) is 5.30. The lowest BCUT2D eigenvalue weighted by atomic mass is 9.76. The molecule has 172 valence electrons. The van der Waals surface area contributed by atoms with Gasteiger partial charge in [0.15, 0.2) is 5.54 Å². The summed E-state index contributed by atoms with van der Waals surface area (Å²) < 4.78 is 0. The number of nitro benzene ring substituents is 1. The van der Waals surface area contributed by atoms with Crippen LogP contribution in [-0.2, 0) is 14.4 Å². The van der Waals surface area contributed by atoms with E-state index in [2.05, 4.69) is 5.32 Å². The topological polar surface area (TPSA) is 150 Å². The Labute approximate surface area is 189 Å². The summed E-state index contributed by atoms with van der Waals surface area (Å²) in [4.78, 5) is 51.0. The summed E-state index contributed by atoms with van der Waals surface area (Å²) in [5, 5.41) is 34.9. The van der Waals surface area contributed by atoms with Crippen LogP contribution < -0.4 is 10.2 Å². The van der Waals surface area contributed by atoms with Gasteiger partial charge in [-0.2, -0.15) is 0 Å². The molecule has 2 aromatic rings. The highest BCUT2D eigenvalue weighted by molar-refractivity contribution is 6.24. The van der Waals surface area contributed by atoms with Crippen LogP contribution in [0.2, 0.25) is 0 Å². The minimum absolute atomic E-state index is 0.0156. The first-order valence-corrected chi connectivity index (χ1v) is 10.4. The highest BCUT2D eigenvalue weighted by Crippen LogP contribution is 2.51. The number of fused-ring (bicyclic) bond motifs is 1. The van der Waals surface area contributed by atoms with Crippen molar-refractivity contribution in [3.05, 3.63) is 69.3 Å². The van der Waals surface area contributed by atoms with Crippen molar-refractivity contribution in [1.82, 2.24) is 5.32 Å². The number of hydrogen-bond acceptors (Lipinski definition) is 7. The third kappa shape index (κ3) is 3.21. The first-order chi connectivity index (χ1) is 15.5. The third-order valence-corrected chi connectivity index (χ3v) is 6.68. The van der Waals surface area contributed by atoms with E-state index in [1.165, 1.54) is 25.1 Å². The van der Waals surface area contributed by atoms with Crippen LogP contribution in [0.5, 0.6) is 0 Å². The number of aliphatic carboxylic acids is 1. The smallest absolute Gasteiger partial charge is 0.327 e. The molecule has 0 aromatic heterocycles. The van der Waals surface area contributed by atoms with Crippen LogP contribution in [0.1, 0.15) is 29.7 Å². The average Bonchev–Trinajstić information content (AvgIpc) is 3.25. The van der Waals surface area contributed by atoms with Crippen LogP contribution in [0.4, 0.5) is 11.4 Å². The molecule has 2 aromatic carbocycles. The number of imide groups is 1. The van der Waals surface area contributed by atoms with Crippen molar-refractivity contribution in [3.8, 4) is 0 Å². The lowest BCUT2D eigenvalue weighted by molar-refractivity contribution is -0.384. The quantitative estimate of drug-likeness (QED) is 0.353. The number of non-ortho nitro benzene ring substituents is 1. The van der Waals surface area contributed by atoms with Gasteiger partial charge in [0, 0.05) is 18.2 Å². The monoisotopic (exact) mass is 453 g/mol. The number of aryl methyl sites for hydroxylation is 2. The molecule has 3 N–H and O–H groups in total. The summed E-state index contributed by atoms with van der Waals surface area (Å²) in [7, 11) is 0. The predicted octanol–water partition coefficient (Wildman–Crippen LogP) is 1.87. The number of amides is 2. The van der Waals surface area contributed by atoms with Gasteiger partial charge < -0.3 is 10.2 Å². The van der Waals surface area contributed by atoms with Crippen molar-refractivity contribution >= 4 is 29.2 Å². The van der Waals surface area contributed by atoms with Gasteiger partial charge in [0.1, 0.15) is 0 Å². The van der Waals surface area contributed by atoms with Crippen molar-refractivity contribution in [2.45, 2.75) is 38.5 Å².